The second-order valence-electron chi connectivity index (χ2n) is 4.76. The highest BCUT2D eigenvalue weighted by Gasteiger charge is 2.29. The summed E-state index contributed by atoms with van der Waals surface area (Å²) in [5, 5.41) is 21.9. The van der Waals surface area contributed by atoms with Gasteiger partial charge in [-0.1, -0.05) is 19.1 Å². The maximum absolute atomic E-state index is 13.4. The van der Waals surface area contributed by atoms with Crippen molar-refractivity contribution in [3.63, 3.8) is 0 Å². The number of benzene rings is 1. The van der Waals surface area contributed by atoms with E-state index in [2.05, 4.69) is 5.32 Å². The quantitative estimate of drug-likeness (QED) is 0.382. The Morgan fingerprint density at radius 3 is 2.80 bits per heavy atom. The van der Waals surface area contributed by atoms with Crippen molar-refractivity contribution in [3.05, 3.63) is 40.9 Å². The molecule has 0 amide bonds. The third-order valence-electron chi connectivity index (χ3n) is 3.24. The fourth-order valence-corrected chi connectivity index (χ4v) is 2.17. The van der Waals surface area contributed by atoms with Gasteiger partial charge in [0.15, 0.2) is 0 Å². The molecule has 0 radical (unpaired) electrons. The van der Waals surface area contributed by atoms with Crippen LogP contribution in [0.4, 0.5) is 10.1 Å². The average molecular weight is 290 g/mol. The first kappa shape index (κ1) is 14.5. The van der Waals surface area contributed by atoms with E-state index < -0.39 is 0 Å². The number of allylic oxidation sites excluding steroid dienone is 1. The summed E-state index contributed by atoms with van der Waals surface area (Å²) in [7, 11) is 0. The van der Waals surface area contributed by atoms with Crippen LogP contribution < -0.4 is 5.32 Å². The molecule has 0 saturated heterocycles. The van der Waals surface area contributed by atoms with E-state index in [4.69, 9.17) is 17.5 Å². The fourth-order valence-electron chi connectivity index (χ4n) is 1.90. The van der Waals surface area contributed by atoms with Crippen LogP contribution in [0.15, 0.2) is 29.5 Å². The minimum atomic E-state index is -0.263. The number of hydrogen-bond acceptors (Lipinski definition) is 3. The normalized spacial score (nSPS) is 15.2. The molecule has 0 bridgehead atoms. The standard InChI is InChI=1S/C15H15FN2OS/c1-2-9-7-11(5-6-13(9)16)18-15(20)12(8-17)14(19)10-3-4-10/h5-7,10,19H,2-4H2,1H3,(H,18,20). The molecule has 1 aromatic rings. The lowest BCUT2D eigenvalue weighted by Crippen LogP contribution is -2.14. The van der Waals surface area contributed by atoms with Gasteiger partial charge in [0, 0.05) is 11.6 Å². The second kappa shape index (κ2) is 6.02. The maximum Gasteiger partial charge on any atom is 0.126 e. The second-order valence-corrected chi connectivity index (χ2v) is 5.17. The molecule has 0 aromatic heterocycles. The van der Waals surface area contributed by atoms with Crippen LogP contribution in [0.3, 0.4) is 0 Å². The number of nitrogens with zero attached hydrogens (tertiary/aromatic N) is 1. The third-order valence-corrected chi connectivity index (χ3v) is 3.55. The lowest BCUT2D eigenvalue weighted by molar-refractivity contribution is 0.377. The molecule has 1 aromatic carbocycles. The zero-order valence-corrected chi connectivity index (χ0v) is 11.9. The first-order valence-corrected chi connectivity index (χ1v) is 6.90. The van der Waals surface area contributed by atoms with Crippen LogP contribution in [0.2, 0.25) is 0 Å². The Hall–Kier alpha value is -1.93. The predicted octanol–water partition coefficient (Wildman–Crippen LogP) is 3.87. The van der Waals surface area contributed by atoms with Crippen molar-refractivity contribution >= 4 is 22.9 Å². The van der Waals surface area contributed by atoms with Crippen LogP contribution in [0.1, 0.15) is 25.3 Å². The van der Waals surface area contributed by atoms with Crippen LogP contribution in [-0.4, -0.2) is 10.1 Å². The summed E-state index contributed by atoms with van der Waals surface area (Å²) in [5.74, 6) is -0.146. The number of aliphatic hydroxyl groups is 1. The number of thiocarbonyl (C=S) groups is 1. The van der Waals surface area contributed by atoms with Crippen LogP contribution >= 0.6 is 12.2 Å². The summed E-state index contributed by atoms with van der Waals surface area (Å²) < 4.78 is 13.4. The molecular weight excluding hydrogens is 275 g/mol. The average Bonchev–Trinajstić information content (AvgIpc) is 3.26. The van der Waals surface area contributed by atoms with E-state index in [-0.39, 0.29) is 28.1 Å². The maximum atomic E-state index is 13.4. The highest BCUT2D eigenvalue weighted by molar-refractivity contribution is 7.81. The van der Waals surface area contributed by atoms with E-state index in [1.165, 1.54) is 6.07 Å². The van der Waals surface area contributed by atoms with Gasteiger partial charge in [-0.15, -0.1) is 0 Å². The SMILES string of the molecule is CCc1cc(NC(=S)C(C#N)=C(O)C2CC2)ccc1F. The largest absolute Gasteiger partial charge is 0.511 e. The lowest BCUT2D eigenvalue weighted by atomic mass is 10.1. The molecule has 0 heterocycles. The van der Waals surface area contributed by atoms with Crippen molar-refractivity contribution in [2.75, 3.05) is 5.32 Å². The Kier molecular flexibility index (Phi) is 4.35. The van der Waals surface area contributed by atoms with Crippen LogP contribution in [-0.2, 0) is 6.42 Å². The number of nitriles is 1. The molecule has 1 saturated carbocycles. The third kappa shape index (κ3) is 3.14. The van der Waals surface area contributed by atoms with Crippen molar-refractivity contribution in [1.82, 2.24) is 0 Å². The van der Waals surface area contributed by atoms with Crippen LogP contribution in [0.25, 0.3) is 0 Å². The van der Waals surface area contributed by atoms with E-state index in [9.17, 15) is 9.50 Å². The molecule has 1 fully saturated rings. The van der Waals surface area contributed by atoms with Gasteiger partial charge in [-0.3, -0.25) is 0 Å². The molecule has 0 unspecified atom stereocenters. The number of rotatable bonds is 4. The zero-order chi connectivity index (χ0) is 14.7. The van der Waals surface area contributed by atoms with Gasteiger partial charge in [0.05, 0.1) is 0 Å². The Bertz CT molecular complexity index is 615. The van der Waals surface area contributed by atoms with E-state index in [0.717, 1.165) is 12.8 Å². The molecule has 2 N–H and O–H groups in total. The number of nitrogens with one attached hydrogen (secondary N) is 1. The zero-order valence-electron chi connectivity index (χ0n) is 11.1. The summed E-state index contributed by atoms with van der Waals surface area (Å²) in [4.78, 5) is 0.172. The van der Waals surface area contributed by atoms with Gasteiger partial charge in [0.2, 0.25) is 0 Å². The molecule has 0 aliphatic heterocycles. The molecule has 5 heteroatoms. The van der Waals surface area contributed by atoms with E-state index in [1.54, 1.807) is 12.1 Å². The summed E-state index contributed by atoms with van der Waals surface area (Å²) in [6, 6.07) is 6.51. The van der Waals surface area contributed by atoms with Crippen molar-refractivity contribution < 1.29 is 9.50 Å². The number of anilines is 1. The van der Waals surface area contributed by atoms with Crippen molar-refractivity contribution in [2.45, 2.75) is 26.2 Å². The number of aliphatic hydroxyl groups excluding tert-OH is 1. The molecule has 2 rings (SSSR count). The minimum Gasteiger partial charge on any atom is -0.511 e. The van der Waals surface area contributed by atoms with Gasteiger partial charge < -0.3 is 10.4 Å². The molecule has 0 atom stereocenters. The predicted molar refractivity (Wildman–Crippen MR) is 80.0 cm³/mol. The minimum absolute atomic E-state index is 0.0582. The number of halogens is 1. The van der Waals surface area contributed by atoms with Crippen LogP contribution in [0, 0.1) is 23.1 Å². The van der Waals surface area contributed by atoms with E-state index >= 15 is 0 Å². The molecule has 0 spiro atoms. The first-order chi connectivity index (χ1) is 9.56. The summed E-state index contributed by atoms with van der Waals surface area (Å²) in [5.41, 5.74) is 1.29. The lowest BCUT2D eigenvalue weighted by Gasteiger charge is -2.10. The Morgan fingerprint density at radius 1 is 1.55 bits per heavy atom. The first-order valence-electron chi connectivity index (χ1n) is 6.49. The number of hydrogen-bond donors (Lipinski definition) is 2. The van der Waals surface area contributed by atoms with Gasteiger partial charge in [0.1, 0.15) is 28.2 Å². The molecular formula is C15H15FN2OS. The van der Waals surface area contributed by atoms with Gasteiger partial charge in [0.25, 0.3) is 0 Å². The molecule has 1 aliphatic carbocycles. The molecule has 1 aliphatic rings. The smallest absolute Gasteiger partial charge is 0.126 e. The van der Waals surface area contributed by atoms with Gasteiger partial charge in [-0.2, -0.15) is 5.26 Å². The molecule has 3 nitrogen and oxygen atoms in total. The van der Waals surface area contributed by atoms with Gasteiger partial charge >= 0.3 is 0 Å². The Morgan fingerprint density at radius 2 is 2.25 bits per heavy atom. The summed E-state index contributed by atoms with van der Waals surface area (Å²) in [6.07, 6.45) is 2.34. The molecule has 20 heavy (non-hydrogen) atoms. The Balaban J connectivity index is 2.19. The van der Waals surface area contributed by atoms with Gasteiger partial charge in [-0.25, -0.2) is 4.39 Å². The van der Waals surface area contributed by atoms with Crippen molar-refractivity contribution in [3.8, 4) is 6.07 Å². The van der Waals surface area contributed by atoms with Gasteiger partial charge in [-0.05, 0) is 43.0 Å². The van der Waals surface area contributed by atoms with Crippen LogP contribution in [0.5, 0.6) is 0 Å². The summed E-state index contributed by atoms with van der Waals surface area (Å²) >= 11 is 5.15. The highest BCUT2D eigenvalue weighted by atomic mass is 32.1. The van der Waals surface area contributed by atoms with E-state index in [1.807, 2.05) is 13.0 Å². The van der Waals surface area contributed by atoms with E-state index in [0.29, 0.717) is 17.7 Å². The highest BCUT2D eigenvalue weighted by Crippen LogP contribution is 2.36. The molecule has 104 valence electrons. The Labute approximate surface area is 122 Å². The summed E-state index contributed by atoms with van der Waals surface area (Å²) in [6.45, 7) is 1.86. The monoisotopic (exact) mass is 290 g/mol. The topological polar surface area (TPSA) is 56.0 Å². The van der Waals surface area contributed by atoms with Crippen molar-refractivity contribution in [1.29, 1.82) is 5.26 Å². The van der Waals surface area contributed by atoms with Crippen molar-refractivity contribution in [2.24, 2.45) is 5.92 Å². The fraction of sp³-hybridized carbons (Fsp3) is 0.333. The number of aryl methyl sites for hydroxylation is 1.